The number of halogens is 3. The highest BCUT2D eigenvalue weighted by Gasteiger charge is 2.31. The summed E-state index contributed by atoms with van der Waals surface area (Å²) in [7, 11) is 0. The number of benzene rings is 2. The van der Waals surface area contributed by atoms with Gasteiger partial charge in [0.05, 0.1) is 17.0 Å². The average molecular weight is 495 g/mol. The highest BCUT2D eigenvalue weighted by atomic mass is 32.2. The van der Waals surface area contributed by atoms with Crippen LogP contribution in [0.15, 0.2) is 64.3 Å². The molecule has 0 fully saturated rings. The molecule has 8 nitrogen and oxygen atoms in total. The zero-order chi connectivity index (χ0) is 25.0. The van der Waals surface area contributed by atoms with Crippen molar-refractivity contribution in [1.82, 2.24) is 14.5 Å². The summed E-state index contributed by atoms with van der Waals surface area (Å²) in [5.41, 5.74) is -2.42. The van der Waals surface area contributed by atoms with Gasteiger partial charge in [-0.2, -0.15) is 13.2 Å². The maximum atomic E-state index is 13.1. The lowest BCUT2D eigenvalue weighted by molar-refractivity contribution is -0.137. The quantitative estimate of drug-likeness (QED) is 0.490. The van der Waals surface area contributed by atoms with Crippen molar-refractivity contribution in [2.75, 3.05) is 0 Å². The van der Waals surface area contributed by atoms with Crippen LogP contribution in [-0.4, -0.2) is 23.8 Å². The van der Waals surface area contributed by atoms with Crippen LogP contribution >= 0.6 is 0 Å². The Labute approximate surface area is 194 Å². The van der Waals surface area contributed by atoms with Gasteiger partial charge in [-0.3, -0.25) is 14.2 Å². The predicted octanol–water partition coefficient (Wildman–Crippen LogP) is 2.69. The maximum absolute atomic E-state index is 13.1. The number of carbonyl (C=O) groups excluding carboxylic acids is 1. The molecule has 0 spiro atoms. The number of aryl methyl sites for hydroxylation is 1. The highest BCUT2D eigenvalue weighted by molar-refractivity contribution is 7.78. The second kappa shape index (κ2) is 10.2. The molecule has 1 amide bonds. The van der Waals surface area contributed by atoms with Gasteiger partial charge in [0.2, 0.25) is 0 Å². The number of aromatic nitrogens is 2. The Morgan fingerprint density at radius 2 is 1.74 bits per heavy atom. The fourth-order valence-corrected chi connectivity index (χ4v) is 3.68. The maximum Gasteiger partial charge on any atom is 0.416 e. The molecule has 2 N–H and O–H groups in total. The largest absolute Gasteiger partial charge is 0.416 e. The number of rotatable bonds is 7. The first-order chi connectivity index (χ1) is 16.0. The molecule has 180 valence electrons. The molecule has 1 heterocycles. The number of hydrogen-bond acceptors (Lipinski definition) is 4. The third kappa shape index (κ3) is 5.69. The molecule has 12 heteroatoms. The fourth-order valence-electron chi connectivity index (χ4n) is 3.21. The molecular weight excluding hydrogens is 475 g/mol. The molecule has 0 aliphatic rings. The summed E-state index contributed by atoms with van der Waals surface area (Å²) >= 11 is -1.99. The predicted molar refractivity (Wildman–Crippen MR) is 119 cm³/mol. The lowest BCUT2D eigenvalue weighted by Gasteiger charge is -2.14. The van der Waals surface area contributed by atoms with Crippen molar-refractivity contribution in [2.45, 2.75) is 31.9 Å². The SMILES string of the molecule is CCn1cc(C(=O)NCc2ccc(CS(=O)O)cc2)c(=O)n(-c2cccc(C(F)(F)F)c2)c1=O. The molecule has 0 aliphatic heterocycles. The summed E-state index contributed by atoms with van der Waals surface area (Å²) in [6.07, 6.45) is -3.61. The number of nitrogens with one attached hydrogen (secondary N) is 1. The second-order valence-electron chi connectivity index (χ2n) is 7.27. The van der Waals surface area contributed by atoms with Crippen LogP contribution in [0.5, 0.6) is 0 Å². The minimum Gasteiger partial charge on any atom is -0.348 e. The first kappa shape index (κ1) is 25.1. The van der Waals surface area contributed by atoms with Gasteiger partial charge >= 0.3 is 11.9 Å². The third-order valence-electron chi connectivity index (χ3n) is 4.94. The van der Waals surface area contributed by atoms with Crippen molar-refractivity contribution in [3.63, 3.8) is 0 Å². The van der Waals surface area contributed by atoms with E-state index < -0.39 is 45.5 Å². The standard InChI is InChI=1S/C22H20F3N3O5S/c1-2-27-12-18(19(29)26-11-14-6-8-15(9-7-14)13-34(32)33)20(30)28(21(27)31)17-5-3-4-16(10-17)22(23,24)25/h3-10,12H,2,11,13H2,1H3,(H,26,29)(H,32,33). The summed E-state index contributed by atoms with van der Waals surface area (Å²) in [6, 6.07) is 10.2. The summed E-state index contributed by atoms with van der Waals surface area (Å²) in [6.45, 7) is 1.67. The Morgan fingerprint density at radius 3 is 2.32 bits per heavy atom. The second-order valence-corrected chi connectivity index (χ2v) is 8.20. The van der Waals surface area contributed by atoms with Crippen LogP contribution in [0.4, 0.5) is 13.2 Å². The Morgan fingerprint density at radius 1 is 1.09 bits per heavy atom. The van der Waals surface area contributed by atoms with Crippen molar-refractivity contribution in [3.05, 3.63) is 97.8 Å². The van der Waals surface area contributed by atoms with Crippen LogP contribution in [0.1, 0.15) is 34.0 Å². The van der Waals surface area contributed by atoms with Gasteiger partial charge in [-0.25, -0.2) is 13.6 Å². The molecule has 0 saturated heterocycles. The van der Waals surface area contributed by atoms with E-state index >= 15 is 0 Å². The van der Waals surface area contributed by atoms with Gasteiger partial charge in [0, 0.05) is 19.3 Å². The molecule has 0 aliphatic carbocycles. The van der Waals surface area contributed by atoms with E-state index in [0.29, 0.717) is 21.8 Å². The van der Waals surface area contributed by atoms with Crippen LogP contribution in [0.3, 0.4) is 0 Å². The molecule has 0 saturated carbocycles. The summed E-state index contributed by atoms with van der Waals surface area (Å²) in [5.74, 6) is -0.853. The summed E-state index contributed by atoms with van der Waals surface area (Å²) in [4.78, 5) is 38.4. The van der Waals surface area contributed by atoms with E-state index in [1.54, 1.807) is 31.2 Å². The lowest BCUT2D eigenvalue weighted by Crippen LogP contribution is -2.43. The van der Waals surface area contributed by atoms with E-state index in [-0.39, 0.29) is 24.5 Å². The topological polar surface area (TPSA) is 110 Å². The first-order valence-corrected chi connectivity index (χ1v) is 11.3. The van der Waals surface area contributed by atoms with Crippen LogP contribution in [0.25, 0.3) is 5.69 Å². The molecule has 1 aromatic heterocycles. The van der Waals surface area contributed by atoms with Gasteiger partial charge in [0.15, 0.2) is 11.1 Å². The van der Waals surface area contributed by atoms with Crippen molar-refractivity contribution >= 4 is 17.0 Å². The molecule has 34 heavy (non-hydrogen) atoms. The van der Waals surface area contributed by atoms with E-state index in [1.807, 2.05) is 0 Å². The van der Waals surface area contributed by atoms with Crippen molar-refractivity contribution in [1.29, 1.82) is 0 Å². The van der Waals surface area contributed by atoms with Gasteiger partial charge in [-0.15, -0.1) is 0 Å². The van der Waals surface area contributed by atoms with Gasteiger partial charge in [-0.05, 0) is 36.2 Å². The highest BCUT2D eigenvalue weighted by Crippen LogP contribution is 2.29. The Hall–Kier alpha value is -3.51. The molecule has 1 atom stereocenters. The van der Waals surface area contributed by atoms with Gasteiger partial charge in [0.1, 0.15) is 5.56 Å². The summed E-state index contributed by atoms with van der Waals surface area (Å²) < 4.78 is 60.8. The smallest absolute Gasteiger partial charge is 0.348 e. The minimum atomic E-state index is -4.68. The molecule has 3 aromatic rings. The van der Waals surface area contributed by atoms with Crippen LogP contribution in [-0.2, 0) is 36.1 Å². The third-order valence-corrected chi connectivity index (χ3v) is 5.52. The Kier molecular flexibility index (Phi) is 7.52. The van der Waals surface area contributed by atoms with Crippen LogP contribution < -0.4 is 16.6 Å². The zero-order valence-electron chi connectivity index (χ0n) is 17.8. The van der Waals surface area contributed by atoms with Gasteiger partial charge in [-0.1, -0.05) is 30.3 Å². The average Bonchev–Trinajstić information content (AvgIpc) is 2.78. The van der Waals surface area contributed by atoms with E-state index in [1.165, 1.54) is 6.07 Å². The van der Waals surface area contributed by atoms with Gasteiger partial charge in [0.25, 0.3) is 11.5 Å². The van der Waals surface area contributed by atoms with Crippen molar-refractivity contribution in [3.8, 4) is 5.69 Å². The normalized spacial score (nSPS) is 12.4. The monoisotopic (exact) mass is 495 g/mol. The fraction of sp³-hybridized carbons (Fsp3) is 0.227. The number of hydrogen-bond donors (Lipinski definition) is 2. The minimum absolute atomic E-state index is 0.00950. The van der Waals surface area contributed by atoms with Gasteiger partial charge < -0.3 is 9.87 Å². The number of nitrogens with zero attached hydrogens (tertiary/aromatic N) is 2. The van der Waals surface area contributed by atoms with Crippen molar-refractivity contribution < 1.29 is 26.7 Å². The van der Waals surface area contributed by atoms with E-state index in [0.717, 1.165) is 22.9 Å². The Balaban J connectivity index is 1.93. The van der Waals surface area contributed by atoms with E-state index in [2.05, 4.69) is 5.32 Å². The summed E-state index contributed by atoms with van der Waals surface area (Å²) in [5, 5.41) is 2.54. The molecule has 0 bridgehead atoms. The van der Waals surface area contributed by atoms with Crippen molar-refractivity contribution in [2.24, 2.45) is 0 Å². The Bertz CT molecular complexity index is 1350. The molecule has 1 unspecified atom stereocenters. The van der Waals surface area contributed by atoms with Crippen LogP contribution in [0.2, 0.25) is 0 Å². The lowest BCUT2D eigenvalue weighted by atomic mass is 10.1. The zero-order valence-corrected chi connectivity index (χ0v) is 18.7. The molecular formula is C22H20F3N3O5S. The molecule has 0 radical (unpaired) electrons. The number of amides is 1. The van der Waals surface area contributed by atoms with Crippen LogP contribution in [0, 0.1) is 0 Å². The molecule has 3 rings (SSSR count). The van der Waals surface area contributed by atoms with E-state index in [4.69, 9.17) is 4.55 Å². The number of carbonyl (C=O) groups is 1. The van der Waals surface area contributed by atoms with E-state index in [9.17, 15) is 31.8 Å². The first-order valence-electron chi connectivity index (χ1n) is 9.99. The molecule has 2 aromatic carbocycles. The number of alkyl halides is 3.